The van der Waals surface area contributed by atoms with Crippen LogP contribution in [0, 0.1) is 0 Å². The van der Waals surface area contributed by atoms with Crippen molar-refractivity contribution >= 4 is 53.5 Å². The number of rotatable bonds is 10. The minimum absolute atomic E-state index is 0.0710. The van der Waals surface area contributed by atoms with Gasteiger partial charge in [-0.2, -0.15) is 0 Å². The summed E-state index contributed by atoms with van der Waals surface area (Å²) in [7, 11) is -1.65. The monoisotopic (exact) mass is 594 g/mol. The molecule has 2 aromatic rings. The normalized spacial score (nSPS) is 22.6. The smallest absolute Gasteiger partial charge is 0.413 e. The molecule has 3 saturated heterocycles. The van der Waals surface area contributed by atoms with Crippen molar-refractivity contribution in [2.75, 3.05) is 5.32 Å². The van der Waals surface area contributed by atoms with Crippen molar-refractivity contribution in [3.05, 3.63) is 17.3 Å². The van der Waals surface area contributed by atoms with Crippen LogP contribution in [0.3, 0.4) is 0 Å². The highest BCUT2D eigenvalue weighted by Crippen LogP contribution is 2.42. The lowest BCUT2D eigenvalue weighted by Crippen LogP contribution is -2.94. The second-order valence-electron chi connectivity index (χ2n) is 12.1. The zero-order valence-electron chi connectivity index (χ0n) is 23.6. The summed E-state index contributed by atoms with van der Waals surface area (Å²) in [4.78, 5) is 46.6. The first-order valence-corrected chi connectivity index (χ1v) is 16.9. The number of nitrogens with zero attached hydrogens (tertiary/aromatic N) is 5. The summed E-state index contributed by atoms with van der Waals surface area (Å²) in [6.07, 6.45) is 0.755. The lowest BCUT2D eigenvalue weighted by Gasteiger charge is -2.67. The third-order valence-electron chi connectivity index (χ3n) is 5.97. The minimum atomic E-state index is -1.72. The van der Waals surface area contributed by atoms with Crippen molar-refractivity contribution < 1.29 is 33.8 Å². The van der Waals surface area contributed by atoms with Crippen LogP contribution >= 0.6 is 11.3 Å². The van der Waals surface area contributed by atoms with Gasteiger partial charge in [-0.05, 0) is 34.6 Å². The average molecular weight is 595 g/mol. The summed E-state index contributed by atoms with van der Waals surface area (Å²) < 4.78 is 12.7. The minimum Gasteiger partial charge on any atom is -0.478 e. The highest BCUT2D eigenvalue weighted by Gasteiger charge is 2.69. The predicted molar refractivity (Wildman–Crippen MR) is 147 cm³/mol. The van der Waals surface area contributed by atoms with E-state index in [9.17, 15) is 19.5 Å². The van der Waals surface area contributed by atoms with E-state index in [1.807, 2.05) is 6.20 Å². The molecule has 0 radical (unpaired) electrons. The molecule has 2 unspecified atom stereocenters. The first kappa shape index (κ1) is 29.6. The van der Waals surface area contributed by atoms with Gasteiger partial charge in [0.1, 0.15) is 31.6 Å². The van der Waals surface area contributed by atoms with Crippen molar-refractivity contribution in [3.63, 3.8) is 0 Å². The molecular formula is C23H34N8O7SSi. The number of nitrogens with one attached hydrogen (secondary N) is 3. The molecule has 218 valence electrons. The van der Waals surface area contributed by atoms with Gasteiger partial charge in [0.15, 0.2) is 16.6 Å². The van der Waals surface area contributed by atoms with Gasteiger partial charge in [0, 0.05) is 11.6 Å². The zero-order chi connectivity index (χ0) is 29.7. The number of aromatic nitrogens is 4. The third kappa shape index (κ3) is 6.32. The van der Waals surface area contributed by atoms with Crippen LogP contribution in [-0.4, -0.2) is 86.0 Å². The Morgan fingerprint density at radius 3 is 2.48 bits per heavy atom. The van der Waals surface area contributed by atoms with Crippen LogP contribution in [0.15, 0.2) is 16.7 Å². The van der Waals surface area contributed by atoms with Gasteiger partial charge in [-0.3, -0.25) is 15.4 Å². The van der Waals surface area contributed by atoms with E-state index in [0.29, 0.717) is 6.54 Å². The number of amides is 2. The Morgan fingerprint density at radius 1 is 1.27 bits per heavy atom. The van der Waals surface area contributed by atoms with Gasteiger partial charge < -0.3 is 24.7 Å². The summed E-state index contributed by atoms with van der Waals surface area (Å²) in [5.41, 5.74) is -3.52. The molecule has 4 N–H and O–H groups in total. The molecule has 0 aromatic carbocycles. The first-order chi connectivity index (χ1) is 18.4. The van der Waals surface area contributed by atoms with Gasteiger partial charge in [0.2, 0.25) is 5.60 Å². The fraction of sp³-hybridized carbons (Fsp3) is 0.609. The SMILES string of the molecule is CC(C)(C)OC(=O)Nc1nc(/C(=N/OC(C)(C)C(=O)O)C(=O)N[C@H]2C3NC2(Cn2cc([Si](C)(C)C)nn2)O3)cs1. The van der Waals surface area contributed by atoms with Crippen LogP contribution in [0.5, 0.6) is 0 Å². The predicted octanol–water partition coefficient (Wildman–Crippen LogP) is 1.05. The van der Waals surface area contributed by atoms with E-state index in [1.54, 1.807) is 25.5 Å². The van der Waals surface area contributed by atoms with E-state index < -0.39 is 55.2 Å². The Hall–Kier alpha value is -3.41. The van der Waals surface area contributed by atoms with Gasteiger partial charge in [-0.1, -0.05) is 30.0 Å². The number of carbonyl (C=O) groups excluding carboxylic acids is 2. The highest BCUT2D eigenvalue weighted by atomic mass is 32.1. The van der Waals surface area contributed by atoms with Crippen LogP contribution in [-0.2, 0) is 30.4 Å². The summed E-state index contributed by atoms with van der Waals surface area (Å²) in [5, 5.41) is 33.0. The zero-order valence-corrected chi connectivity index (χ0v) is 25.4. The topological polar surface area (TPSA) is 191 Å². The van der Waals surface area contributed by atoms with Crippen LogP contribution in [0.4, 0.5) is 9.93 Å². The van der Waals surface area contributed by atoms with Crippen LogP contribution < -0.4 is 21.3 Å². The molecule has 3 atom stereocenters. The summed E-state index contributed by atoms with van der Waals surface area (Å²) in [6, 6.07) is -0.435. The molecule has 3 fully saturated rings. The number of carboxylic acid groups (broad SMARTS) is 1. The van der Waals surface area contributed by atoms with Crippen molar-refractivity contribution in [2.45, 2.75) is 90.0 Å². The molecule has 2 bridgehead atoms. The fourth-order valence-corrected chi connectivity index (χ4v) is 5.20. The number of carboxylic acids is 1. The Balaban J connectivity index is 1.50. The second-order valence-corrected chi connectivity index (χ2v) is 18.0. The van der Waals surface area contributed by atoms with Crippen LogP contribution in [0.2, 0.25) is 19.6 Å². The molecule has 2 aromatic heterocycles. The number of oxime groups is 1. The highest BCUT2D eigenvalue weighted by molar-refractivity contribution is 7.14. The lowest BCUT2D eigenvalue weighted by atomic mass is 9.84. The molecule has 0 saturated carbocycles. The summed E-state index contributed by atoms with van der Waals surface area (Å²) in [6.45, 7) is 14.6. The Labute approximate surface area is 235 Å². The fourth-order valence-electron chi connectivity index (χ4n) is 3.64. The van der Waals surface area contributed by atoms with E-state index in [4.69, 9.17) is 14.3 Å². The molecule has 40 heavy (non-hydrogen) atoms. The van der Waals surface area contributed by atoms with Crippen molar-refractivity contribution in [1.82, 2.24) is 30.6 Å². The van der Waals surface area contributed by atoms with E-state index in [0.717, 1.165) is 16.7 Å². The number of hydrogen-bond donors (Lipinski definition) is 4. The van der Waals surface area contributed by atoms with E-state index in [1.165, 1.54) is 19.2 Å². The quantitative estimate of drug-likeness (QED) is 0.175. The Bertz CT molecular complexity index is 1340. The average Bonchev–Trinajstić information content (AvgIpc) is 3.43. The molecule has 17 heteroatoms. The van der Waals surface area contributed by atoms with Gasteiger partial charge in [0.25, 0.3) is 5.91 Å². The number of thiazole rings is 1. The molecule has 5 rings (SSSR count). The van der Waals surface area contributed by atoms with Gasteiger partial charge in [-0.25, -0.2) is 19.3 Å². The molecule has 3 aliphatic heterocycles. The van der Waals surface area contributed by atoms with Gasteiger partial charge in [-0.15, -0.1) is 16.4 Å². The lowest BCUT2D eigenvalue weighted by molar-refractivity contribution is -0.382. The summed E-state index contributed by atoms with van der Waals surface area (Å²) in [5.74, 6) is -1.94. The molecule has 15 nitrogen and oxygen atoms in total. The van der Waals surface area contributed by atoms with E-state index >= 15 is 0 Å². The standard InChI is InChI=1S/C23H34N8O7SSi/c1-21(2,3)37-20(35)26-19-24-12(10-39-19)14(29-38-22(4,5)18(33)34)16(32)25-15-17-27-23(15,36-17)11-31-9-13(28-30-31)40(6,7)8/h9-10,15,17,27H,11H2,1-8H3,(H,25,32)(H,33,34)(H,24,26,35)/b29-14-/t15-,17?,23?/m0/s1. The number of ether oxygens (including phenoxy) is 2. The van der Waals surface area contributed by atoms with Crippen molar-refractivity contribution in [1.29, 1.82) is 0 Å². The maximum Gasteiger partial charge on any atom is 0.413 e. The van der Waals surface area contributed by atoms with Crippen molar-refractivity contribution in [3.8, 4) is 0 Å². The van der Waals surface area contributed by atoms with Gasteiger partial charge in [0.05, 0.1) is 11.9 Å². The molecule has 2 amide bonds. The second kappa shape index (κ2) is 10.2. The van der Waals surface area contributed by atoms with Gasteiger partial charge >= 0.3 is 12.1 Å². The molecule has 0 aliphatic carbocycles. The van der Waals surface area contributed by atoms with Crippen LogP contribution in [0.25, 0.3) is 0 Å². The van der Waals surface area contributed by atoms with E-state index in [2.05, 4.69) is 56.0 Å². The Kier molecular flexibility index (Phi) is 7.54. The first-order valence-electron chi connectivity index (χ1n) is 12.5. The molecule has 0 spiro atoms. The maximum atomic E-state index is 13.4. The number of aliphatic carboxylic acids is 1. The third-order valence-corrected chi connectivity index (χ3v) is 8.49. The number of hydrogen-bond acceptors (Lipinski definition) is 12. The van der Waals surface area contributed by atoms with Crippen LogP contribution in [0.1, 0.15) is 40.3 Å². The number of carbonyl (C=O) groups is 3. The van der Waals surface area contributed by atoms with Crippen molar-refractivity contribution in [2.24, 2.45) is 5.16 Å². The molecular weight excluding hydrogens is 560 g/mol. The summed E-state index contributed by atoms with van der Waals surface area (Å²) >= 11 is 1.03. The Morgan fingerprint density at radius 2 is 1.95 bits per heavy atom. The maximum absolute atomic E-state index is 13.4. The van der Waals surface area contributed by atoms with E-state index in [-0.39, 0.29) is 16.5 Å². The largest absolute Gasteiger partial charge is 0.478 e. The molecule has 3 aliphatic rings. The number of anilines is 1. The molecule has 5 heterocycles.